The number of anilines is 1. The predicted molar refractivity (Wildman–Crippen MR) is 135 cm³/mol. The van der Waals surface area contributed by atoms with Gasteiger partial charge in [0.25, 0.3) is 0 Å². The zero-order valence-electron chi connectivity index (χ0n) is 21.1. The number of amides is 1. The van der Waals surface area contributed by atoms with Crippen LogP contribution in [0.2, 0.25) is 0 Å². The third-order valence-corrected chi connectivity index (χ3v) is 7.32. The molecule has 0 bridgehead atoms. The van der Waals surface area contributed by atoms with E-state index in [1.165, 1.54) is 6.07 Å². The fraction of sp³-hybridized carbons (Fsp3) is 0.423. The van der Waals surface area contributed by atoms with Crippen molar-refractivity contribution in [2.24, 2.45) is 13.0 Å². The van der Waals surface area contributed by atoms with E-state index in [1.807, 2.05) is 6.92 Å². The molecule has 1 saturated heterocycles. The summed E-state index contributed by atoms with van der Waals surface area (Å²) in [5.41, 5.74) is 2.27. The lowest BCUT2D eigenvalue weighted by molar-refractivity contribution is -0.117. The Morgan fingerprint density at radius 1 is 1.24 bits per heavy atom. The molecule has 11 heteroatoms. The summed E-state index contributed by atoms with van der Waals surface area (Å²) in [6.45, 7) is 6.66. The van der Waals surface area contributed by atoms with E-state index in [9.17, 15) is 4.79 Å². The number of likely N-dealkylation sites (tertiary alicyclic amines) is 1. The molecular weight excluding hydrogens is 475 g/mol. The van der Waals surface area contributed by atoms with Crippen molar-refractivity contribution in [1.82, 2.24) is 34.0 Å². The second-order valence-electron chi connectivity index (χ2n) is 9.85. The Kier molecular flexibility index (Phi) is 5.86. The van der Waals surface area contributed by atoms with Crippen LogP contribution in [0.25, 0.3) is 16.9 Å². The number of hydrogen-bond acceptors (Lipinski definition) is 7. The summed E-state index contributed by atoms with van der Waals surface area (Å²) < 4.78 is 24.6. The Morgan fingerprint density at radius 2 is 2.05 bits per heavy atom. The Bertz CT molecular complexity index is 1460. The summed E-state index contributed by atoms with van der Waals surface area (Å²) in [6, 6.07) is 1.72. The summed E-state index contributed by atoms with van der Waals surface area (Å²) >= 11 is 0. The van der Waals surface area contributed by atoms with Crippen molar-refractivity contribution in [1.29, 1.82) is 0 Å². The highest BCUT2D eigenvalue weighted by atomic mass is 19.1. The first-order valence-electron chi connectivity index (χ1n) is 12.6. The molecular formula is C26H29FN8O2. The smallest absolute Gasteiger partial charge is 0.229 e. The SMILES string of the molecule is CCN1CC[C@@H]1COc1cnn(C)c1-c1cn2cc(NC(=O)[C@@H]3C[C@@H]3c3ncc(C)cn3)nc2cc1F. The number of likely N-dealkylation sites (N-methyl/N-ethyl adjacent to an activating group) is 1. The summed E-state index contributed by atoms with van der Waals surface area (Å²) in [6.07, 6.45) is 10.3. The van der Waals surface area contributed by atoms with Gasteiger partial charge in [-0.15, -0.1) is 0 Å². The molecule has 4 aromatic rings. The lowest BCUT2D eigenvalue weighted by Crippen LogP contribution is -2.50. The van der Waals surface area contributed by atoms with Crippen molar-refractivity contribution in [2.75, 3.05) is 25.0 Å². The predicted octanol–water partition coefficient (Wildman–Crippen LogP) is 3.19. The number of aromatic nitrogens is 6. The number of carbonyl (C=O) groups excluding carboxylic acids is 1. The lowest BCUT2D eigenvalue weighted by Gasteiger charge is -2.39. The van der Waals surface area contributed by atoms with Gasteiger partial charge < -0.3 is 14.5 Å². The molecule has 5 heterocycles. The van der Waals surface area contributed by atoms with Crippen molar-refractivity contribution < 1.29 is 13.9 Å². The molecule has 1 aliphatic carbocycles. The first-order chi connectivity index (χ1) is 17.9. The zero-order valence-corrected chi connectivity index (χ0v) is 21.1. The number of imidazole rings is 1. The second-order valence-corrected chi connectivity index (χ2v) is 9.85. The highest BCUT2D eigenvalue weighted by Crippen LogP contribution is 2.46. The van der Waals surface area contributed by atoms with Crippen LogP contribution in [-0.4, -0.2) is 65.7 Å². The molecule has 37 heavy (non-hydrogen) atoms. The van der Waals surface area contributed by atoms with Gasteiger partial charge in [0.15, 0.2) is 11.6 Å². The average molecular weight is 505 g/mol. The quantitative estimate of drug-likeness (QED) is 0.393. The zero-order chi connectivity index (χ0) is 25.7. The highest BCUT2D eigenvalue weighted by Gasteiger charge is 2.46. The minimum absolute atomic E-state index is 0.00859. The third-order valence-electron chi connectivity index (χ3n) is 7.32. The summed E-state index contributed by atoms with van der Waals surface area (Å²) in [5.74, 6) is 0.808. The molecule has 2 aliphatic rings. The van der Waals surface area contributed by atoms with Crippen LogP contribution in [-0.2, 0) is 11.8 Å². The first-order valence-corrected chi connectivity index (χ1v) is 12.6. The Labute approximate surface area is 213 Å². The van der Waals surface area contributed by atoms with Crippen LogP contribution in [0.3, 0.4) is 0 Å². The normalized spacial score (nSPS) is 21.1. The van der Waals surface area contributed by atoms with Gasteiger partial charge in [0.1, 0.15) is 29.6 Å². The number of carbonyl (C=O) groups is 1. The van der Waals surface area contributed by atoms with Crippen LogP contribution in [0.5, 0.6) is 5.75 Å². The molecule has 4 aromatic heterocycles. The van der Waals surface area contributed by atoms with Gasteiger partial charge in [0.2, 0.25) is 5.91 Å². The van der Waals surface area contributed by atoms with Crippen molar-refractivity contribution in [3.8, 4) is 17.0 Å². The standard InChI is InChI=1S/C26H29FN8O2/c1-4-34-6-5-16(34)14-37-21-11-30-33(3)24(21)19-12-35-13-22(31-23(35)8-20(19)27)32-26(36)18-7-17(18)25-28-9-15(2)10-29-25/h8-13,16-18H,4-7,14H2,1-3H3,(H,32,36)/t16-,17+,18-/m1/s1. The van der Waals surface area contributed by atoms with Crippen LogP contribution in [0.1, 0.15) is 37.1 Å². The van der Waals surface area contributed by atoms with Crippen LogP contribution in [0.15, 0.2) is 37.1 Å². The minimum atomic E-state index is -0.443. The van der Waals surface area contributed by atoms with E-state index in [-0.39, 0.29) is 17.7 Å². The van der Waals surface area contributed by atoms with Crippen LogP contribution < -0.4 is 10.1 Å². The number of pyridine rings is 1. The van der Waals surface area contributed by atoms with Gasteiger partial charge in [-0.05, 0) is 31.9 Å². The number of hydrogen-bond donors (Lipinski definition) is 1. The second kappa shape index (κ2) is 9.22. The van der Waals surface area contributed by atoms with E-state index in [0.717, 1.165) is 25.1 Å². The molecule has 1 saturated carbocycles. The van der Waals surface area contributed by atoms with Gasteiger partial charge in [0.05, 0.1) is 18.0 Å². The average Bonchev–Trinajstić information content (AvgIpc) is 3.45. The number of ether oxygens (including phenoxy) is 1. The van der Waals surface area contributed by atoms with Crippen LogP contribution in [0, 0.1) is 18.7 Å². The fourth-order valence-electron chi connectivity index (χ4n) is 4.94. The maximum absolute atomic E-state index is 15.3. The summed E-state index contributed by atoms with van der Waals surface area (Å²) in [5, 5.41) is 7.16. The fourth-order valence-corrected chi connectivity index (χ4v) is 4.94. The molecule has 10 nitrogen and oxygen atoms in total. The van der Waals surface area contributed by atoms with Gasteiger partial charge in [-0.2, -0.15) is 5.10 Å². The number of aryl methyl sites for hydroxylation is 2. The molecule has 192 valence electrons. The molecule has 3 atom stereocenters. The van der Waals surface area contributed by atoms with Gasteiger partial charge in [-0.25, -0.2) is 19.3 Å². The number of nitrogens with zero attached hydrogens (tertiary/aromatic N) is 7. The first kappa shape index (κ1) is 23.5. The maximum Gasteiger partial charge on any atom is 0.229 e. The molecule has 0 spiro atoms. The van der Waals surface area contributed by atoms with Gasteiger partial charge in [0, 0.05) is 56.1 Å². The van der Waals surface area contributed by atoms with Crippen molar-refractivity contribution in [2.45, 2.75) is 38.6 Å². The largest absolute Gasteiger partial charge is 0.488 e. The number of rotatable bonds is 8. The minimum Gasteiger partial charge on any atom is -0.488 e. The van der Waals surface area contributed by atoms with Gasteiger partial charge in [-0.1, -0.05) is 6.92 Å². The van der Waals surface area contributed by atoms with Crippen LogP contribution >= 0.6 is 0 Å². The van der Waals surface area contributed by atoms with Crippen molar-refractivity contribution in [3.63, 3.8) is 0 Å². The number of fused-ring (bicyclic) bond motifs is 1. The van der Waals surface area contributed by atoms with Crippen LogP contribution in [0.4, 0.5) is 10.2 Å². The lowest BCUT2D eigenvalue weighted by atomic mass is 10.0. The summed E-state index contributed by atoms with van der Waals surface area (Å²) in [7, 11) is 1.76. The van der Waals surface area contributed by atoms with Crippen molar-refractivity contribution in [3.05, 3.63) is 54.3 Å². The number of nitrogens with one attached hydrogen (secondary N) is 1. The van der Waals surface area contributed by atoms with E-state index in [2.05, 4.69) is 37.2 Å². The molecule has 0 aromatic carbocycles. The topological polar surface area (TPSA) is 102 Å². The van der Waals surface area contributed by atoms with E-state index >= 15 is 4.39 Å². The molecule has 2 fully saturated rings. The molecule has 0 unspecified atom stereocenters. The van der Waals surface area contributed by atoms with E-state index in [1.54, 1.807) is 47.1 Å². The monoisotopic (exact) mass is 504 g/mol. The Balaban J connectivity index is 1.19. The van der Waals surface area contributed by atoms with Gasteiger partial charge >= 0.3 is 0 Å². The van der Waals surface area contributed by atoms with Crippen molar-refractivity contribution >= 4 is 17.4 Å². The Morgan fingerprint density at radius 3 is 2.78 bits per heavy atom. The molecule has 6 rings (SSSR count). The van der Waals surface area contributed by atoms with E-state index < -0.39 is 5.82 Å². The molecule has 1 amide bonds. The third kappa shape index (κ3) is 4.43. The molecule has 1 aliphatic heterocycles. The molecule has 0 radical (unpaired) electrons. The van der Waals surface area contributed by atoms with E-state index in [4.69, 9.17) is 4.74 Å². The maximum atomic E-state index is 15.3. The number of halogens is 1. The van der Waals surface area contributed by atoms with Gasteiger partial charge in [-0.3, -0.25) is 14.4 Å². The highest BCUT2D eigenvalue weighted by molar-refractivity contribution is 5.94. The summed E-state index contributed by atoms with van der Waals surface area (Å²) in [4.78, 5) is 28.2. The Hall–Kier alpha value is -3.86. The molecule has 1 N–H and O–H groups in total. The van der Waals surface area contributed by atoms with E-state index in [0.29, 0.717) is 53.4 Å².